The standard InChI is InChI=1S/C8H14O3/c1-4-11-7(9)5-6-8(2,3)10/h4,10H,1,5-6H2,2-3H3. The molecule has 1 N–H and O–H groups in total. The second kappa shape index (κ2) is 4.13. The maximum Gasteiger partial charge on any atom is 0.310 e. The van der Waals surface area contributed by atoms with E-state index in [1.165, 1.54) is 0 Å². The van der Waals surface area contributed by atoms with Gasteiger partial charge < -0.3 is 9.84 Å². The average Bonchev–Trinajstić information content (AvgIpc) is 1.83. The van der Waals surface area contributed by atoms with Crippen molar-refractivity contribution in [3.8, 4) is 0 Å². The summed E-state index contributed by atoms with van der Waals surface area (Å²) in [5, 5.41) is 9.20. The molecule has 0 spiro atoms. The highest BCUT2D eigenvalue weighted by Gasteiger charge is 2.14. The molecule has 0 aliphatic rings. The molecule has 0 radical (unpaired) electrons. The van der Waals surface area contributed by atoms with E-state index in [-0.39, 0.29) is 12.4 Å². The first-order valence-electron chi connectivity index (χ1n) is 3.48. The molecule has 0 amide bonds. The third-order valence-electron chi connectivity index (χ3n) is 1.16. The van der Waals surface area contributed by atoms with Gasteiger partial charge in [0.05, 0.1) is 11.9 Å². The number of rotatable bonds is 4. The molecule has 11 heavy (non-hydrogen) atoms. The number of aliphatic hydroxyl groups is 1. The number of carbonyl (C=O) groups excluding carboxylic acids is 1. The van der Waals surface area contributed by atoms with Crippen LogP contribution in [0.25, 0.3) is 0 Å². The second-order valence-electron chi connectivity index (χ2n) is 2.97. The van der Waals surface area contributed by atoms with Crippen LogP contribution in [0.2, 0.25) is 0 Å². The number of carbonyl (C=O) groups is 1. The van der Waals surface area contributed by atoms with Crippen molar-refractivity contribution in [1.29, 1.82) is 0 Å². The van der Waals surface area contributed by atoms with Gasteiger partial charge >= 0.3 is 5.97 Å². The van der Waals surface area contributed by atoms with E-state index >= 15 is 0 Å². The normalized spacial score (nSPS) is 10.8. The van der Waals surface area contributed by atoms with Crippen LogP contribution in [0.1, 0.15) is 26.7 Å². The summed E-state index contributed by atoms with van der Waals surface area (Å²) in [5.41, 5.74) is -0.805. The van der Waals surface area contributed by atoms with Gasteiger partial charge in [0.15, 0.2) is 0 Å². The van der Waals surface area contributed by atoms with Gasteiger partial charge in [0.2, 0.25) is 0 Å². The summed E-state index contributed by atoms with van der Waals surface area (Å²) in [7, 11) is 0. The smallest absolute Gasteiger partial charge is 0.310 e. The first-order chi connectivity index (χ1) is 4.95. The molecule has 0 atom stereocenters. The minimum absolute atomic E-state index is 0.218. The summed E-state index contributed by atoms with van der Waals surface area (Å²) in [5.74, 6) is -0.359. The summed E-state index contributed by atoms with van der Waals surface area (Å²) in [4.78, 5) is 10.7. The number of hydrogen-bond acceptors (Lipinski definition) is 3. The molecule has 0 heterocycles. The molecule has 0 saturated carbocycles. The third kappa shape index (κ3) is 7.06. The third-order valence-corrected chi connectivity index (χ3v) is 1.16. The van der Waals surface area contributed by atoms with Crippen LogP contribution in [0.15, 0.2) is 12.8 Å². The Hall–Kier alpha value is -0.830. The maximum atomic E-state index is 10.7. The Kier molecular flexibility index (Phi) is 3.82. The lowest BCUT2D eigenvalue weighted by Gasteiger charge is -2.15. The Labute approximate surface area is 66.7 Å². The maximum absolute atomic E-state index is 10.7. The molecule has 0 unspecified atom stereocenters. The summed E-state index contributed by atoms with van der Waals surface area (Å²) in [6, 6.07) is 0. The quantitative estimate of drug-likeness (QED) is 0.494. The highest BCUT2D eigenvalue weighted by atomic mass is 16.5. The van der Waals surface area contributed by atoms with Gasteiger partial charge in [-0.2, -0.15) is 0 Å². The van der Waals surface area contributed by atoms with Gasteiger partial charge in [-0.1, -0.05) is 6.58 Å². The highest BCUT2D eigenvalue weighted by molar-refractivity contribution is 5.69. The largest absolute Gasteiger partial charge is 0.435 e. The SMILES string of the molecule is C=COC(=O)CCC(C)(C)O. The molecule has 3 heteroatoms. The Morgan fingerprint density at radius 1 is 1.73 bits per heavy atom. The number of hydrogen-bond donors (Lipinski definition) is 1. The van der Waals surface area contributed by atoms with Crippen molar-refractivity contribution in [1.82, 2.24) is 0 Å². The molecule has 0 aliphatic heterocycles. The van der Waals surface area contributed by atoms with Crippen molar-refractivity contribution in [2.45, 2.75) is 32.3 Å². The summed E-state index contributed by atoms with van der Waals surface area (Å²) >= 11 is 0. The monoisotopic (exact) mass is 158 g/mol. The minimum Gasteiger partial charge on any atom is -0.435 e. The van der Waals surface area contributed by atoms with E-state index < -0.39 is 5.60 Å². The van der Waals surface area contributed by atoms with Crippen LogP contribution < -0.4 is 0 Å². The van der Waals surface area contributed by atoms with Crippen molar-refractivity contribution in [2.75, 3.05) is 0 Å². The zero-order chi connectivity index (χ0) is 8.91. The molecule has 0 aromatic rings. The van der Waals surface area contributed by atoms with Crippen LogP contribution >= 0.6 is 0 Å². The Bertz CT molecular complexity index is 144. The zero-order valence-electron chi connectivity index (χ0n) is 6.96. The average molecular weight is 158 g/mol. The predicted molar refractivity (Wildman–Crippen MR) is 41.8 cm³/mol. The first kappa shape index (κ1) is 10.2. The minimum atomic E-state index is -0.805. The fraction of sp³-hybridized carbons (Fsp3) is 0.625. The van der Waals surface area contributed by atoms with Gasteiger partial charge in [0, 0.05) is 6.42 Å². The van der Waals surface area contributed by atoms with Gasteiger partial charge in [-0.3, -0.25) is 4.79 Å². The molecule has 0 bridgehead atoms. The Morgan fingerprint density at radius 2 is 2.27 bits per heavy atom. The second-order valence-corrected chi connectivity index (χ2v) is 2.97. The van der Waals surface area contributed by atoms with Crippen LogP contribution in [0.4, 0.5) is 0 Å². The van der Waals surface area contributed by atoms with Gasteiger partial charge in [-0.25, -0.2) is 0 Å². The van der Waals surface area contributed by atoms with E-state index in [2.05, 4.69) is 11.3 Å². The van der Waals surface area contributed by atoms with E-state index in [9.17, 15) is 9.90 Å². The van der Waals surface area contributed by atoms with Crippen LogP contribution in [-0.2, 0) is 9.53 Å². The lowest BCUT2D eigenvalue weighted by atomic mass is 10.0. The van der Waals surface area contributed by atoms with E-state index in [1.807, 2.05) is 0 Å². The van der Waals surface area contributed by atoms with Crippen LogP contribution in [0, 0.1) is 0 Å². The van der Waals surface area contributed by atoms with Crippen molar-refractivity contribution >= 4 is 5.97 Å². The van der Waals surface area contributed by atoms with E-state index in [0.717, 1.165) is 6.26 Å². The number of ether oxygens (including phenoxy) is 1. The highest BCUT2D eigenvalue weighted by Crippen LogP contribution is 2.10. The summed E-state index contributed by atoms with van der Waals surface area (Å²) < 4.78 is 4.45. The van der Waals surface area contributed by atoms with Crippen LogP contribution in [0.5, 0.6) is 0 Å². The van der Waals surface area contributed by atoms with Crippen molar-refractivity contribution in [3.05, 3.63) is 12.8 Å². The van der Waals surface area contributed by atoms with E-state index in [1.54, 1.807) is 13.8 Å². The molecule has 3 nitrogen and oxygen atoms in total. The number of esters is 1. The molecule has 0 fully saturated rings. The van der Waals surface area contributed by atoms with Crippen molar-refractivity contribution in [2.24, 2.45) is 0 Å². The molecule has 0 aliphatic carbocycles. The molecule has 0 rings (SSSR count). The summed E-state index contributed by atoms with van der Waals surface area (Å²) in [6.45, 7) is 6.53. The molecule has 0 saturated heterocycles. The lowest BCUT2D eigenvalue weighted by Crippen LogP contribution is -2.20. The van der Waals surface area contributed by atoms with E-state index in [0.29, 0.717) is 6.42 Å². The van der Waals surface area contributed by atoms with Gasteiger partial charge in [-0.05, 0) is 20.3 Å². The molecule has 64 valence electrons. The molecular weight excluding hydrogens is 144 g/mol. The van der Waals surface area contributed by atoms with Crippen LogP contribution in [0.3, 0.4) is 0 Å². The van der Waals surface area contributed by atoms with Gasteiger partial charge in [0.1, 0.15) is 0 Å². The predicted octanol–water partition coefficient (Wildman–Crippen LogP) is 1.22. The Balaban J connectivity index is 3.54. The summed E-state index contributed by atoms with van der Waals surface area (Å²) in [6.07, 6.45) is 1.71. The van der Waals surface area contributed by atoms with Crippen LogP contribution in [-0.4, -0.2) is 16.7 Å². The molecule has 0 aromatic heterocycles. The topological polar surface area (TPSA) is 46.5 Å². The Morgan fingerprint density at radius 3 is 2.64 bits per heavy atom. The van der Waals surface area contributed by atoms with Gasteiger partial charge in [0.25, 0.3) is 0 Å². The fourth-order valence-electron chi connectivity index (χ4n) is 0.560. The first-order valence-corrected chi connectivity index (χ1v) is 3.48. The zero-order valence-corrected chi connectivity index (χ0v) is 6.96. The van der Waals surface area contributed by atoms with Crippen molar-refractivity contribution < 1.29 is 14.6 Å². The molecule has 0 aromatic carbocycles. The fourth-order valence-corrected chi connectivity index (χ4v) is 0.560. The van der Waals surface area contributed by atoms with E-state index in [4.69, 9.17) is 0 Å². The van der Waals surface area contributed by atoms with Crippen molar-refractivity contribution in [3.63, 3.8) is 0 Å². The van der Waals surface area contributed by atoms with Gasteiger partial charge in [-0.15, -0.1) is 0 Å². The molecular formula is C8H14O3. The lowest BCUT2D eigenvalue weighted by molar-refractivity contribution is -0.139.